The maximum Gasteiger partial charge on any atom is 0.435 e. The van der Waals surface area contributed by atoms with Gasteiger partial charge >= 0.3 is 12.3 Å². The number of alkyl halides is 3. The topological polar surface area (TPSA) is 76.4 Å². The number of halogens is 3. The SMILES string of the molecule is COc1ccc(Cn2nc(C(F)(F)F)cc2C(NC(=O)O)C(C)(C)C)cc1. The highest BCUT2D eigenvalue weighted by molar-refractivity contribution is 5.65. The summed E-state index contributed by atoms with van der Waals surface area (Å²) in [7, 11) is 1.52. The van der Waals surface area contributed by atoms with Crippen molar-refractivity contribution in [3.8, 4) is 5.75 Å². The smallest absolute Gasteiger partial charge is 0.435 e. The molecule has 6 nitrogen and oxygen atoms in total. The minimum Gasteiger partial charge on any atom is -0.497 e. The maximum absolute atomic E-state index is 13.2. The lowest BCUT2D eigenvalue weighted by Gasteiger charge is -2.31. The predicted octanol–water partition coefficient (Wildman–Crippen LogP) is 4.31. The quantitative estimate of drug-likeness (QED) is 0.804. The van der Waals surface area contributed by atoms with Gasteiger partial charge in [-0.05, 0) is 29.2 Å². The van der Waals surface area contributed by atoms with Crippen LogP contribution in [0, 0.1) is 5.41 Å². The van der Waals surface area contributed by atoms with Gasteiger partial charge in [-0.3, -0.25) is 4.68 Å². The number of carbonyl (C=O) groups is 1. The average Bonchev–Trinajstić information content (AvgIpc) is 2.96. The van der Waals surface area contributed by atoms with Gasteiger partial charge in [-0.25, -0.2) is 4.79 Å². The van der Waals surface area contributed by atoms with Crippen LogP contribution in [0.2, 0.25) is 0 Å². The Morgan fingerprint density at radius 1 is 1.26 bits per heavy atom. The minimum absolute atomic E-state index is 0.0588. The lowest BCUT2D eigenvalue weighted by Crippen LogP contribution is -2.37. The first-order valence-electron chi connectivity index (χ1n) is 8.19. The Labute approximate surface area is 154 Å². The van der Waals surface area contributed by atoms with E-state index in [1.807, 2.05) is 0 Å². The molecule has 1 aromatic heterocycles. The molecule has 1 aromatic carbocycles. The molecule has 0 aliphatic rings. The van der Waals surface area contributed by atoms with Crippen molar-refractivity contribution >= 4 is 6.09 Å². The lowest BCUT2D eigenvalue weighted by atomic mass is 9.84. The van der Waals surface area contributed by atoms with Crippen LogP contribution in [0.4, 0.5) is 18.0 Å². The van der Waals surface area contributed by atoms with Gasteiger partial charge in [-0.15, -0.1) is 0 Å². The first-order chi connectivity index (χ1) is 12.4. The highest BCUT2D eigenvalue weighted by Crippen LogP contribution is 2.36. The van der Waals surface area contributed by atoms with Gasteiger partial charge in [0.15, 0.2) is 5.69 Å². The van der Waals surface area contributed by atoms with E-state index < -0.39 is 29.4 Å². The molecular formula is C18H22F3N3O3. The molecule has 1 atom stereocenters. The highest BCUT2D eigenvalue weighted by Gasteiger charge is 2.38. The zero-order valence-corrected chi connectivity index (χ0v) is 15.5. The number of carboxylic acid groups (broad SMARTS) is 1. The third kappa shape index (κ3) is 5.15. The Morgan fingerprint density at radius 2 is 1.85 bits per heavy atom. The molecular weight excluding hydrogens is 363 g/mol. The molecule has 0 aliphatic carbocycles. The number of nitrogens with zero attached hydrogens (tertiary/aromatic N) is 2. The number of ether oxygens (including phenoxy) is 1. The molecule has 1 amide bonds. The fourth-order valence-corrected chi connectivity index (χ4v) is 2.69. The molecule has 0 spiro atoms. The second kappa shape index (κ2) is 7.50. The molecule has 0 fully saturated rings. The highest BCUT2D eigenvalue weighted by atomic mass is 19.4. The summed E-state index contributed by atoms with van der Waals surface area (Å²) in [5, 5.41) is 15.1. The lowest BCUT2D eigenvalue weighted by molar-refractivity contribution is -0.141. The number of rotatable bonds is 5. The fourth-order valence-electron chi connectivity index (χ4n) is 2.69. The van der Waals surface area contributed by atoms with Gasteiger partial charge in [0.1, 0.15) is 5.75 Å². The number of benzene rings is 1. The third-order valence-electron chi connectivity index (χ3n) is 4.02. The Morgan fingerprint density at radius 3 is 2.30 bits per heavy atom. The average molecular weight is 385 g/mol. The Hall–Kier alpha value is -2.71. The van der Waals surface area contributed by atoms with Gasteiger partial charge in [0.2, 0.25) is 0 Å². The van der Waals surface area contributed by atoms with E-state index in [0.717, 1.165) is 6.07 Å². The molecule has 0 aliphatic heterocycles. The Kier molecular flexibility index (Phi) is 5.72. The first kappa shape index (κ1) is 20.6. The van der Waals surface area contributed by atoms with Crippen LogP contribution in [0.1, 0.15) is 43.8 Å². The van der Waals surface area contributed by atoms with Crippen molar-refractivity contribution in [1.82, 2.24) is 15.1 Å². The normalized spacial score (nSPS) is 13.3. The fraction of sp³-hybridized carbons (Fsp3) is 0.444. The molecule has 1 heterocycles. The van der Waals surface area contributed by atoms with Gasteiger partial charge in [0.25, 0.3) is 0 Å². The van der Waals surface area contributed by atoms with Crippen LogP contribution in [0.25, 0.3) is 0 Å². The molecule has 0 bridgehead atoms. The summed E-state index contributed by atoms with van der Waals surface area (Å²) in [6, 6.07) is 6.84. The summed E-state index contributed by atoms with van der Waals surface area (Å²) in [6.07, 6.45) is -5.95. The van der Waals surface area contributed by atoms with Gasteiger partial charge in [-0.2, -0.15) is 18.3 Å². The number of hydrogen-bond acceptors (Lipinski definition) is 3. The van der Waals surface area contributed by atoms with Crippen LogP contribution in [0.3, 0.4) is 0 Å². The largest absolute Gasteiger partial charge is 0.497 e. The van der Waals surface area contributed by atoms with E-state index in [1.165, 1.54) is 11.8 Å². The number of aromatic nitrogens is 2. The third-order valence-corrected chi connectivity index (χ3v) is 4.02. The van der Waals surface area contributed by atoms with Crippen LogP contribution < -0.4 is 10.1 Å². The van der Waals surface area contributed by atoms with E-state index in [2.05, 4.69) is 10.4 Å². The van der Waals surface area contributed by atoms with E-state index in [4.69, 9.17) is 9.84 Å². The van der Waals surface area contributed by atoms with Crippen molar-refractivity contribution in [3.05, 3.63) is 47.3 Å². The van der Waals surface area contributed by atoms with Crippen LogP contribution in [0.5, 0.6) is 5.75 Å². The van der Waals surface area contributed by atoms with Crippen molar-refractivity contribution in [2.45, 2.75) is 39.5 Å². The van der Waals surface area contributed by atoms with E-state index in [0.29, 0.717) is 11.3 Å². The number of amides is 1. The minimum atomic E-state index is -4.63. The zero-order chi connectivity index (χ0) is 20.4. The molecule has 2 aromatic rings. The van der Waals surface area contributed by atoms with Crippen LogP contribution >= 0.6 is 0 Å². The summed E-state index contributed by atoms with van der Waals surface area (Å²) < 4.78 is 45.9. The van der Waals surface area contributed by atoms with E-state index >= 15 is 0 Å². The van der Waals surface area contributed by atoms with Gasteiger partial charge in [-0.1, -0.05) is 32.9 Å². The molecule has 0 saturated carbocycles. The van der Waals surface area contributed by atoms with Gasteiger partial charge in [0, 0.05) is 0 Å². The Bertz CT molecular complexity index is 793. The summed E-state index contributed by atoms with van der Waals surface area (Å²) >= 11 is 0. The second-order valence-corrected chi connectivity index (χ2v) is 7.21. The molecule has 2 N–H and O–H groups in total. The maximum atomic E-state index is 13.2. The summed E-state index contributed by atoms with van der Waals surface area (Å²) in [5.41, 5.74) is -0.878. The molecule has 27 heavy (non-hydrogen) atoms. The summed E-state index contributed by atoms with van der Waals surface area (Å²) in [4.78, 5) is 11.2. The zero-order valence-electron chi connectivity index (χ0n) is 15.5. The molecule has 1 unspecified atom stereocenters. The number of nitrogens with one attached hydrogen (secondary N) is 1. The summed E-state index contributed by atoms with van der Waals surface area (Å²) in [6.45, 7) is 5.28. The predicted molar refractivity (Wildman–Crippen MR) is 92.7 cm³/mol. The van der Waals surface area contributed by atoms with E-state index in [-0.39, 0.29) is 12.2 Å². The monoisotopic (exact) mass is 385 g/mol. The first-order valence-corrected chi connectivity index (χ1v) is 8.19. The van der Waals surface area contributed by atoms with E-state index in [9.17, 15) is 18.0 Å². The van der Waals surface area contributed by atoms with Crippen molar-refractivity contribution in [1.29, 1.82) is 0 Å². The summed E-state index contributed by atoms with van der Waals surface area (Å²) in [5.74, 6) is 0.621. The van der Waals surface area contributed by atoms with Crippen LogP contribution in [0.15, 0.2) is 30.3 Å². The van der Waals surface area contributed by atoms with Crippen molar-refractivity contribution in [3.63, 3.8) is 0 Å². The van der Waals surface area contributed by atoms with Crippen molar-refractivity contribution < 1.29 is 27.8 Å². The van der Waals surface area contributed by atoms with Gasteiger partial charge < -0.3 is 15.2 Å². The molecule has 148 valence electrons. The number of hydrogen-bond donors (Lipinski definition) is 2. The standard InChI is InChI=1S/C18H22F3N3O3/c1-17(2,3)15(22-16(25)26)13-9-14(18(19,20)21)23-24(13)10-11-5-7-12(27-4)8-6-11/h5-9,15,22H,10H2,1-4H3,(H,25,26). The van der Waals surface area contributed by atoms with Crippen LogP contribution in [-0.4, -0.2) is 28.1 Å². The van der Waals surface area contributed by atoms with Gasteiger partial charge in [0.05, 0.1) is 25.4 Å². The molecule has 9 heteroatoms. The van der Waals surface area contributed by atoms with E-state index in [1.54, 1.807) is 45.0 Å². The van der Waals surface area contributed by atoms with Crippen molar-refractivity contribution in [2.24, 2.45) is 5.41 Å². The molecule has 0 saturated heterocycles. The van der Waals surface area contributed by atoms with Crippen LogP contribution in [-0.2, 0) is 12.7 Å². The molecule has 2 rings (SSSR count). The number of methoxy groups -OCH3 is 1. The van der Waals surface area contributed by atoms with Crippen molar-refractivity contribution in [2.75, 3.05) is 7.11 Å². The Balaban J connectivity index is 2.50. The molecule has 0 radical (unpaired) electrons. The second-order valence-electron chi connectivity index (χ2n) is 7.21.